The van der Waals surface area contributed by atoms with Crippen molar-refractivity contribution in [2.24, 2.45) is 0 Å². The van der Waals surface area contributed by atoms with E-state index >= 15 is 0 Å². The van der Waals surface area contributed by atoms with Gasteiger partial charge in [0.15, 0.2) is 0 Å². The van der Waals surface area contributed by atoms with Crippen molar-refractivity contribution >= 4 is 0 Å². The molecule has 0 amide bonds. The monoisotopic (exact) mass is 235 g/mol. The summed E-state index contributed by atoms with van der Waals surface area (Å²) < 4.78 is 11.1. The summed E-state index contributed by atoms with van der Waals surface area (Å²) in [4.78, 5) is 0. The molecule has 0 saturated heterocycles. The Morgan fingerprint density at radius 2 is 2.29 bits per heavy atom. The minimum absolute atomic E-state index is 0.291. The minimum atomic E-state index is 0.291. The van der Waals surface area contributed by atoms with Gasteiger partial charge in [0.2, 0.25) is 0 Å². The Hall–Kier alpha value is -1.06. The second kappa shape index (κ2) is 6.62. The van der Waals surface area contributed by atoms with Gasteiger partial charge in [0.1, 0.15) is 11.9 Å². The highest BCUT2D eigenvalue weighted by Crippen LogP contribution is 2.27. The van der Waals surface area contributed by atoms with Crippen LogP contribution in [-0.2, 0) is 11.2 Å². The molecule has 1 N–H and O–H groups in total. The molecule has 0 bridgehead atoms. The molecular formula is C14H21NO2. The zero-order valence-corrected chi connectivity index (χ0v) is 10.4. The average molecular weight is 235 g/mol. The van der Waals surface area contributed by atoms with E-state index in [2.05, 4.69) is 17.4 Å². The fourth-order valence-corrected chi connectivity index (χ4v) is 2.07. The van der Waals surface area contributed by atoms with Gasteiger partial charge in [-0.05, 0) is 31.5 Å². The number of para-hydroxylation sites is 1. The Balaban J connectivity index is 1.60. The molecule has 17 heavy (non-hydrogen) atoms. The number of hydrogen-bond donors (Lipinski definition) is 1. The second-order valence-electron chi connectivity index (χ2n) is 4.31. The molecule has 0 radical (unpaired) electrons. The molecule has 3 heteroatoms. The van der Waals surface area contributed by atoms with Gasteiger partial charge in [0, 0.05) is 26.2 Å². The summed E-state index contributed by atoms with van der Waals surface area (Å²) in [5, 5.41) is 3.42. The molecule has 0 fully saturated rings. The van der Waals surface area contributed by atoms with Gasteiger partial charge in [-0.1, -0.05) is 18.2 Å². The molecule has 0 aromatic heterocycles. The van der Waals surface area contributed by atoms with Crippen LogP contribution in [0.1, 0.15) is 18.9 Å². The van der Waals surface area contributed by atoms with E-state index in [9.17, 15) is 0 Å². The van der Waals surface area contributed by atoms with Gasteiger partial charge in [-0.2, -0.15) is 0 Å². The van der Waals surface area contributed by atoms with Crippen molar-refractivity contribution in [1.82, 2.24) is 5.32 Å². The molecule has 0 aliphatic carbocycles. The molecule has 1 aliphatic heterocycles. The Morgan fingerprint density at radius 3 is 3.12 bits per heavy atom. The minimum Gasteiger partial charge on any atom is -0.488 e. The van der Waals surface area contributed by atoms with E-state index in [0.717, 1.165) is 44.9 Å². The molecule has 1 aromatic carbocycles. The SMILES string of the molecule is CCOCCCNCC1Cc2ccccc2O1. The Kier molecular flexibility index (Phi) is 4.83. The van der Waals surface area contributed by atoms with Crippen molar-refractivity contribution in [3.63, 3.8) is 0 Å². The number of ether oxygens (including phenoxy) is 2. The van der Waals surface area contributed by atoms with Crippen LogP contribution in [0.5, 0.6) is 5.75 Å². The van der Waals surface area contributed by atoms with Crippen LogP contribution in [-0.4, -0.2) is 32.4 Å². The first-order valence-electron chi connectivity index (χ1n) is 6.43. The van der Waals surface area contributed by atoms with Crippen molar-refractivity contribution in [3.05, 3.63) is 29.8 Å². The predicted octanol–water partition coefficient (Wildman–Crippen LogP) is 2.01. The third kappa shape index (κ3) is 3.72. The molecule has 1 aliphatic rings. The molecule has 3 nitrogen and oxygen atoms in total. The van der Waals surface area contributed by atoms with E-state index in [1.807, 2.05) is 19.1 Å². The summed E-state index contributed by atoms with van der Waals surface area (Å²) in [5.41, 5.74) is 1.33. The van der Waals surface area contributed by atoms with E-state index in [1.165, 1.54) is 5.56 Å². The number of rotatable bonds is 7. The van der Waals surface area contributed by atoms with Crippen LogP contribution in [0.2, 0.25) is 0 Å². The fraction of sp³-hybridized carbons (Fsp3) is 0.571. The summed E-state index contributed by atoms with van der Waals surface area (Å²) >= 11 is 0. The van der Waals surface area contributed by atoms with E-state index in [1.54, 1.807) is 0 Å². The van der Waals surface area contributed by atoms with Crippen molar-refractivity contribution in [2.45, 2.75) is 25.9 Å². The number of nitrogens with one attached hydrogen (secondary N) is 1. The Morgan fingerprint density at radius 1 is 1.41 bits per heavy atom. The molecule has 94 valence electrons. The lowest BCUT2D eigenvalue weighted by Crippen LogP contribution is -2.31. The lowest BCUT2D eigenvalue weighted by molar-refractivity contribution is 0.143. The van der Waals surface area contributed by atoms with Gasteiger partial charge >= 0.3 is 0 Å². The van der Waals surface area contributed by atoms with E-state index in [-0.39, 0.29) is 0 Å². The molecule has 0 spiro atoms. The standard InChI is InChI=1S/C14H21NO2/c1-2-16-9-5-8-15-11-13-10-12-6-3-4-7-14(12)17-13/h3-4,6-7,13,15H,2,5,8-11H2,1H3. The number of hydrogen-bond acceptors (Lipinski definition) is 3. The quantitative estimate of drug-likeness (QED) is 0.733. The largest absolute Gasteiger partial charge is 0.488 e. The highest BCUT2D eigenvalue weighted by atomic mass is 16.5. The summed E-state index contributed by atoms with van der Waals surface area (Å²) in [6, 6.07) is 8.28. The summed E-state index contributed by atoms with van der Waals surface area (Å²) in [6.45, 7) is 5.59. The van der Waals surface area contributed by atoms with Crippen molar-refractivity contribution in [2.75, 3.05) is 26.3 Å². The third-order valence-corrected chi connectivity index (χ3v) is 2.93. The van der Waals surface area contributed by atoms with Gasteiger partial charge in [-0.15, -0.1) is 0 Å². The van der Waals surface area contributed by atoms with Gasteiger partial charge in [0.05, 0.1) is 0 Å². The molecule has 1 atom stereocenters. The average Bonchev–Trinajstić information content (AvgIpc) is 2.76. The van der Waals surface area contributed by atoms with E-state index in [4.69, 9.17) is 9.47 Å². The highest BCUT2D eigenvalue weighted by molar-refractivity contribution is 5.37. The fourth-order valence-electron chi connectivity index (χ4n) is 2.07. The van der Waals surface area contributed by atoms with Gasteiger partial charge in [-0.3, -0.25) is 0 Å². The van der Waals surface area contributed by atoms with Crippen LogP contribution in [0.3, 0.4) is 0 Å². The lowest BCUT2D eigenvalue weighted by Gasteiger charge is -2.11. The normalized spacial score (nSPS) is 17.8. The number of fused-ring (bicyclic) bond motifs is 1. The summed E-state index contributed by atoms with van der Waals surface area (Å²) in [7, 11) is 0. The Labute approximate surface area is 103 Å². The van der Waals surface area contributed by atoms with E-state index in [0.29, 0.717) is 6.10 Å². The molecule has 1 unspecified atom stereocenters. The summed E-state index contributed by atoms with van der Waals surface area (Å²) in [5.74, 6) is 1.05. The maximum Gasteiger partial charge on any atom is 0.123 e. The third-order valence-electron chi connectivity index (χ3n) is 2.93. The lowest BCUT2D eigenvalue weighted by atomic mass is 10.1. The molecular weight excluding hydrogens is 214 g/mol. The van der Waals surface area contributed by atoms with Crippen LogP contribution >= 0.6 is 0 Å². The van der Waals surface area contributed by atoms with Gasteiger partial charge in [0.25, 0.3) is 0 Å². The van der Waals surface area contributed by atoms with Crippen LogP contribution < -0.4 is 10.1 Å². The molecule has 0 saturated carbocycles. The van der Waals surface area contributed by atoms with Crippen molar-refractivity contribution in [1.29, 1.82) is 0 Å². The smallest absolute Gasteiger partial charge is 0.123 e. The molecule has 1 heterocycles. The van der Waals surface area contributed by atoms with Crippen molar-refractivity contribution in [3.8, 4) is 5.75 Å². The zero-order valence-electron chi connectivity index (χ0n) is 10.4. The second-order valence-corrected chi connectivity index (χ2v) is 4.31. The Bertz CT molecular complexity index is 316. The topological polar surface area (TPSA) is 30.5 Å². The predicted molar refractivity (Wildman–Crippen MR) is 68.5 cm³/mol. The highest BCUT2D eigenvalue weighted by Gasteiger charge is 2.21. The van der Waals surface area contributed by atoms with Crippen molar-refractivity contribution < 1.29 is 9.47 Å². The summed E-state index contributed by atoms with van der Waals surface area (Å²) in [6.07, 6.45) is 2.38. The van der Waals surface area contributed by atoms with Crippen LogP contribution in [0.25, 0.3) is 0 Å². The maximum absolute atomic E-state index is 5.84. The van der Waals surface area contributed by atoms with Gasteiger partial charge < -0.3 is 14.8 Å². The van der Waals surface area contributed by atoms with Gasteiger partial charge in [-0.25, -0.2) is 0 Å². The van der Waals surface area contributed by atoms with Crippen LogP contribution in [0.15, 0.2) is 24.3 Å². The van der Waals surface area contributed by atoms with Crippen LogP contribution in [0.4, 0.5) is 0 Å². The first kappa shape index (κ1) is 12.4. The zero-order chi connectivity index (χ0) is 11.9. The number of benzene rings is 1. The molecule has 2 rings (SSSR count). The van der Waals surface area contributed by atoms with E-state index < -0.39 is 0 Å². The maximum atomic E-state index is 5.84. The molecule has 1 aromatic rings. The first-order valence-corrected chi connectivity index (χ1v) is 6.43. The van der Waals surface area contributed by atoms with Crippen LogP contribution in [0, 0.1) is 0 Å². The first-order chi connectivity index (χ1) is 8.40.